The van der Waals surface area contributed by atoms with Gasteiger partial charge in [-0.1, -0.05) is 18.2 Å². The highest BCUT2D eigenvalue weighted by atomic mass is 16.5. The van der Waals surface area contributed by atoms with E-state index in [9.17, 15) is 4.79 Å². The number of fused-ring (bicyclic) bond motifs is 1. The molecule has 0 unspecified atom stereocenters. The Labute approximate surface area is 158 Å². The molecular formula is C21H24N4O2. The molecule has 1 fully saturated rings. The van der Waals surface area contributed by atoms with Crippen LogP contribution in [0.1, 0.15) is 24.2 Å². The number of carbonyl (C=O) groups is 1. The summed E-state index contributed by atoms with van der Waals surface area (Å²) in [6.45, 7) is 2.03. The molecule has 1 aliphatic heterocycles. The quantitative estimate of drug-likeness (QED) is 0.730. The first-order valence-electron chi connectivity index (χ1n) is 9.46. The number of para-hydroxylation sites is 2. The predicted molar refractivity (Wildman–Crippen MR) is 103 cm³/mol. The lowest BCUT2D eigenvalue weighted by atomic mass is 9.91. The van der Waals surface area contributed by atoms with Gasteiger partial charge in [0.25, 0.3) is 0 Å². The van der Waals surface area contributed by atoms with Crippen molar-refractivity contribution in [2.24, 2.45) is 5.92 Å². The molecule has 0 aliphatic carbocycles. The number of hydrogen-bond acceptors (Lipinski definition) is 4. The van der Waals surface area contributed by atoms with Crippen molar-refractivity contribution in [2.45, 2.75) is 25.9 Å². The van der Waals surface area contributed by atoms with Crippen molar-refractivity contribution >= 4 is 16.9 Å². The van der Waals surface area contributed by atoms with Crippen molar-refractivity contribution in [1.82, 2.24) is 19.9 Å². The minimum absolute atomic E-state index is 0.0611. The first-order valence-corrected chi connectivity index (χ1v) is 9.46. The van der Waals surface area contributed by atoms with Crippen LogP contribution in [0.3, 0.4) is 0 Å². The number of pyridine rings is 1. The van der Waals surface area contributed by atoms with Crippen LogP contribution in [-0.4, -0.2) is 45.5 Å². The van der Waals surface area contributed by atoms with Crippen LogP contribution >= 0.6 is 0 Å². The number of rotatable bonds is 6. The second-order valence-corrected chi connectivity index (χ2v) is 7.08. The van der Waals surface area contributed by atoms with Gasteiger partial charge in [-0.25, -0.2) is 4.98 Å². The Morgan fingerprint density at radius 3 is 2.81 bits per heavy atom. The zero-order chi connectivity index (χ0) is 18.5. The summed E-state index contributed by atoms with van der Waals surface area (Å²) in [6, 6.07) is 12.0. The number of aromatic nitrogens is 3. The van der Waals surface area contributed by atoms with Crippen LogP contribution in [0.2, 0.25) is 0 Å². The molecule has 1 aromatic carbocycles. The third-order valence-corrected chi connectivity index (χ3v) is 5.12. The minimum Gasteiger partial charge on any atom is -0.364 e. The van der Waals surface area contributed by atoms with E-state index >= 15 is 0 Å². The number of imidazole rings is 1. The molecule has 140 valence electrons. The third kappa shape index (κ3) is 4.52. The summed E-state index contributed by atoms with van der Waals surface area (Å²) in [5.74, 6) is 1.43. The number of piperidine rings is 1. The number of nitrogens with one attached hydrogen (secondary N) is 1. The molecule has 1 N–H and O–H groups in total. The molecule has 6 heteroatoms. The Morgan fingerprint density at radius 1 is 1.19 bits per heavy atom. The van der Waals surface area contributed by atoms with Crippen molar-refractivity contribution in [3.05, 3.63) is 60.2 Å². The number of benzene rings is 1. The highest BCUT2D eigenvalue weighted by molar-refractivity contribution is 5.77. The van der Waals surface area contributed by atoms with Crippen LogP contribution in [0, 0.1) is 5.92 Å². The Kier molecular flexibility index (Phi) is 5.44. The van der Waals surface area contributed by atoms with E-state index in [4.69, 9.17) is 4.74 Å². The summed E-state index contributed by atoms with van der Waals surface area (Å²) >= 11 is 0. The second kappa shape index (κ2) is 8.31. The van der Waals surface area contributed by atoms with Gasteiger partial charge in [-0.15, -0.1) is 0 Å². The van der Waals surface area contributed by atoms with Crippen LogP contribution in [0.25, 0.3) is 11.0 Å². The number of likely N-dealkylation sites (tertiary alicyclic amines) is 1. The maximum absolute atomic E-state index is 12.4. The number of hydrogen-bond donors (Lipinski definition) is 1. The van der Waals surface area contributed by atoms with E-state index in [1.165, 1.54) is 5.56 Å². The molecular weight excluding hydrogens is 340 g/mol. The molecule has 0 saturated carbocycles. The SMILES string of the molecule is O=C(COCc1nc2ccccc2[nH]1)N1CCC(Cc2cccnc2)CC1. The van der Waals surface area contributed by atoms with Crippen LogP contribution in [0.5, 0.6) is 0 Å². The molecule has 0 radical (unpaired) electrons. The topological polar surface area (TPSA) is 71.1 Å². The van der Waals surface area contributed by atoms with Crippen molar-refractivity contribution in [3.63, 3.8) is 0 Å². The Hall–Kier alpha value is -2.73. The molecule has 2 aromatic heterocycles. The van der Waals surface area contributed by atoms with Crippen LogP contribution < -0.4 is 0 Å². The van der Waals surface area contributed by atoms with Gasteiger partial charge in [0.05, 0.1) is 11.0 Å². The summed E-state index contributed by atoms with van der Waals surface area (Å²) in [4.78, 5) is 26.2. The zero-order valence-corrected chi connectivity index (χ0v) is 15.3. The lowest BCUT2D eigenvalue weighted by molar-refractivity contribution is -0.138. The molecule has 0 spiro atoms. The van der Waals surface area contributed by atoms with Crippen LogP contribution in [0.4, 0.5) is 0 Å². The molecule has 1 saturated heterocycles. The fourth-order valence-electron chi connectivity index (χ4n) is 3.64. The zero-order valence-electron chi connectivity index (χ0n) is 15.3. The lowest BCUT2D eigenvalue weighted by Gasteiger charge is -2.32. The minimum atomic E-state index is 0.0611. The summed E-state index contributed by atoms with van der Waals surface area (Å²) in [7, 11) is 0. The summed E-state index contributed by atoms with van der Waals surface area (Å²) in [6.07, 6.45) is 6.84. The molecule has 1 amide bonds. The molecule has 6 nitrogen and oxygen atoms in total. The standard InChI is InChI=1S/C21H24N4O2/c26-21(15-27-14-20-23-18-5-1-2-6-19(18)24-20)25-10-7-16(8-11-25)12-17-4-3-9-22-13-17/h1-6,9,13,16H,7-8,10-12,14-15H2,(H,23,24). The van der Waals surface area contributed by atoms with Crippen molar-refractivity contribution in [2.75, 3.05) is 19.7 Å². The van der Waals surface area contributed by atoms with Gasteiger partial charge in [-0.2, -0.15) is 0 Å². The number of H-pyrrole nitrogens is 1. The number of ether oxygens (including phenoxy) is 1. The summed E-state index contributed by atoms with van der Waals surface area (Å²) < 4.78 is 5.59. The van der Waals surface area contributed by atoms with Gasteiger partial charge in [0.1, 0.15) is 19.0 Å². The number of amides is 1. The largest absolute Gasteiger partial charge is 0.364 e. The second-order valence-electron chi connectivity index (χ2n) is 7.08. The Morgan fingerprint density at radius 2 is 2.04 bits per heavy atom. The number of nitrogens with zero attached hydrogens (tertiary/aromatic N) is 3. The van der Waals surface area contributed by atoms with Crippen molar-refractivity contribution in [1.29, 1.82) is 0 Å². The van der Waals surface area contributed by atoms with E-state index in [0.29, 0.717) is 12.5 Å². The highest BCUT2D eigenvalue weighted by Crippen LogP contribution is 2.21. The van der Waals surface area contributed by atoms with E-state index in [0.717, 1.165) is 49.2 Å². The average molecular weight is 364 g/mol. The predicted octanol–water partition coefficient (Wildman–Crippen LogP) is 2.96. The molecule has 0 atom stereocenters. The monoisotopic (exact) mass is 364 g/mol. The van der Waals surface area contributed by atoms with Crippen molar-refractivity contribution < 1.29 is 9.53 Å². The maximum atomic E-state index is 12.4. The van der Waals surface area contributed by atoms with Gasteiger partial charge in [0.2, 0.25) is 5.91 Å². The molecule has 1 aliphatic rings. The molecule has 3 aromatic rings. The van der Waals surface area contributed by atoms with Gasteiger partial charge in [-0.3, -0.25) is 9.78 Å². The summed E-state index contributed by atoms with van der Waals surface area (Å²) in [5.41, 5.74) is 3.17. The van der Waals surface area contributed by atoms with E-state index in [1.807, 2.05) is 41.4 Å². The van der Waals surface area contributed by atoms with E-state index < -0.39 is 0 Å². The van der Waals surface area contributed by atoms with E-state index in [-0.39, 0.29) is 12.5 Å². The maximum Gasteiger partial charge on any atom is 0.248 e. The van der Waals surface area contributed by atoms with E-state index in [2.05, 4.69) is 21.0 Å². The number of carbonyl (C=O) groups excluding carboxylic acids is 1. The van der Waals surface area contributed by atoms with Gasteiger partial charge in [0, 0.05) is 25.5 Å². The third-order valence-electron chi connectivity index (χ3n) is 5.12. The highest BCUT2D eigenvalue weighted by Gasteiger charge is 2.23. The van der Waals surface area contributed by atoms with Gasteiger partial charge in [0.15, 0.2) is 0 Å². The van der Waals surface area contributed by atoms with Gasteiger partial charge in [-0.05, 0) is 48.9 Å². The number of aromatic amines is 1. The normalized spacial score (nSPS) is 15.3. The molecule has 4 rings (SSSR count). The molecule has 0 bridgehead atoms. The van der Waals surface area contributed by atoms with E-state index in [1.54, 1.807) is 6.20 Å². The fourth-order valence-corrected chi connectivity index (χ4v) is 3.64. The first kappa shape index (κ1) is 17.7. The Bertz CT molecular complexity index is 852. The van der Waals surface area contributed by atoms with Gasteiger partial charge < -0.3 is 14.6 Å². The summed E-state index contributed by atoms with van der Waals surface area (Å²) in [5, 5.41) is 0. The fraction of sp³-hybridized carbons (Fsp3) is 0.381. The Balaban J connectivity index is 1.20. The average Bonchev–Trinajstić information content (AvgIpc) is 3.12. The molecule has 3 heterocycles. The molecule has 27 heavy (non-hydrogen) atoms. The van der Waals surface area contributed by atoms with Gasteiger partial charge >= 0.3 is 0 Å². The smallest absolute Gasteiger partial charge is 0.248 e. The van der Waals surface area contributed by atoms with Crippen molar-refractivity contribution in [3.8, 4) is 0 Å². The first-order chi connectivity index (χ1) is 13.3. The lowest BCUT2D eigenvalue weighted by Crippen LogP contribution is -2.40. The van der Waals surface area contributed by atoms with Crippen LogP contribution in [-0.2, 0) is 22.6 Å². The van der Waals surface area contributed by atoms with Crippen LogP contribution in [0.15, 0.2) is 48.8 Å².